The van der Waals surface area contributed by atoms with Gasteiger partial charge in [0.1, 0.15) is 0 Å². The first kappa shape index (κ1) is 19.6. The van der Waals surface area contributed by atoms with Crippen molar-refractivity contribution in [2.75, 3.05) is 20.5 Å². The van der Waals surface area contributed by atoms with E-state index in [4.69, 9.17) is 19.3 Å². The van der Waals surface area contributed by atoms with Crippen LogP contribution in [0.4, 0.5) is 0 Å². The Morgan fingerprint density at radius 3 is 2.79 bits per heavy atom. The molecule has 2 N–H and O–H groups in total. The van der Waals surface area contributed by atoms with E-state index in [1.54, 1.807) is 35.9 Å². The van der Waals surface area contributed by atoms with E-state index in [0.717, 1.165) is 5.52 Å². The van der Waals surface area contributed by atoms with Crippen LogP contribution in [0.2, 0.25) is 0 Å². The fraction of sp³-hybridized carbons (Fsp3) is 0.222. The smallest absolute Gasteiger partial charge is 0.279 e. The number of rotatable bonds is 5. The molecule has 2 aromatic carbocycles. The molecule has 0 spiro atoms. The van der Waals surface area contributed by atoms with Gasteiger partial charge in [0.15, 0.2) is 16.3 Å². The highest BCUT2D eigenvalue weighted by Gasteiger charge is 2.17. The molecule has 0 unspecified atom stereocenters. The third-order valence-corrected chi connectivity index (χ3v) is 6.27. The van der Waals surface area contributed by atoms with Gasteiger partial charge in [-0.25, -0.2) is 13.6 Å². The van der Waals surface area contributed by atoms with Gasteiger partial charge in [-0.2, -0.15) is 4.99 Å². The highest BCUT2D eigenvalue weighted by Crippen LogP contribution is 2.32. The first-order valence-electron chi connectivity index (χ1n) is 8.50. The zero-order valence-corrected chi connectivity index (χ0v) is 17.0. The van der Waals surface area contributed by atoms with Gasteiger partial charge in [0.25, 0.3) is 5.91 Å². The Morgan fingerprint density at radius 2 is 2.03 bits per heavy atom. The summed E-state index contributed by atoms with van der Waals surface area (Å²) in [6.07, 6.45) is 0. The van der Waals surface area contributed by atoms with Gasteiger partial charge < -0.3 is 18.8 Å². The Kier molecular flexibility index (Phi) is 5.13. The summed E-state index contributed by atoms with van der Waals surface area (Å²) in [4.78, 5) is 17.4. The second-order valence-corrected chi connectivity index (χ2v) is 8.76. The van der Waals surface area contributed by atoms with Crippen molar-refractivity contribution >= 4 is 37.5 Å². The van der Waals surface area contributed by atoms with Gasteiger partial charge in [-0.15, -0.1) is 0 Å². The number of carbonyl (C=O) groups is 1. The Balaban J connectivity index is 1.81. The van der Waals surface area contributed by atoms with E-state index in [1.807, 2.05) is 0 Å². The summed E-state index contributed by atoms with van der Waals surface area (Å²) >= 11 is 1.20. The van der Waals surface area contributed by atoms with Crippen molar-refractivity contribution in [3.8, 4) is 11.5 Å². The van der Waals surface area contributed by atoms with Gasteiger partial charge in [0, 0.05) is 19.2 Å². The zero-order chi connectivity index (χ0) is 20.6. The van der Waals surface area contributed by atoms with Crippen LogP contribution in [0.3, 0.4) is 0 Å². The maximum Gasteiger partial charge on any atom is 0.279 e. The summed E-state index contributed by atoms with van der Waals surface area (Å²) in [5.74, 6) is 0.620. The van der Waals surface area contributed by atoms with Crippen molar-refractivity contribution in [1.29, 1.82) is 0 Å². The standard InChI is InChI=1S/C18H17N3O6S2/c1-25-7-6-21-13-4-3-12(29(19,23)24)9-16(13)28-18(21)20-17(22)11-2-5-14-15(8-11)27-10-26-14/h2-5,8-9H,6-7,10H2,1H3,(H2,19,23,24). The maximum absolute atomic E-state index is 12.7. The van der Waals surface area contributed by atoms with Crippen molar-refractivity contribution in [2.45, 2.75) is 11.4 Å². The fourth-order valence-corrected chi connectivity index (χ4v) is 4.60. The van der Waals surface area contributed by atoms with Crippen molar-refractivity contribution in [1.82, 2.24) is 4.57 Å². The zero-order valence-electron chi connectivity index (χ0n) is 15.3. The average molecular weight is 435 g/mol. The molecule has 0 radical (unpaired) electrons. The number of fused-ring (bicyclic) bond motifs is 2. The molecule has 3 aromatic rings. The number of carbonyl (C=O) groups excluding carboxylic acids is 1. The number of primary sulfonamides is 1. The van der Waals surface area contributed by atoms with Crippen LogP contribution in [0.25, 0.3) is 10.2 Å². The molecule has 1 aliphatic rings. The molecule has 2 heterocycles. The molecule has 0 atom stereocenters. The molecule has 0 saturated heterocycles. The number of amides is 1. The lowest BCUT2D eigenvalue weighted by Gasteiger charge is -2.05. The van der Waals surface area contributed by atoms with E-state index in [0.29, 0.717) is 39.7 Å². The molecule has 1 amide bonds. The minimum atomic E-state index is -3.84. The lowest BCUT2D eigenvalue weighted by molar-refractivity contribution is 0.0997. The van der Waals surface area contributed by atoms with Crippen LogP contribution in [0.15, 0.2) is 46.3 Å². The first-order chi connectivity index (χ1) is 13.9. The largest absolute Gasteiger partial charge is 0.454 e. The van der Waals surface area contributed by atoms with Crippen LogP contribution in [0.1, 0.15) is 10.4 Å². The van der Waals surface area contributed by atoms with E-state index in [-0.39, 0.29) is 11.7 Å². The molecular weight excluding hydrogens is 418 g/mol. The van der Waals surface area contributed by atoms with E-state index in [2.05, 4.69) is 4.99 Å². The summed E-state index contributed by atoms with van der Waals surface area (Å²) in [5, 5.41) is 5.22. The molecular formula is C18H17N3O6S2. The Labute approximate surface area is 170 Å². The monoisotopic (exact) mass is 435 g/mol. The van der Waals surface area contributed by atoms with E-state index < -0.39 is 15.9 Å². The molecule has 1 aromatic heterocycles. The highest BCUT2D eigenvalue weighted by atomic mass is 32.2. The SMILES string of the molecule is COCCn1c(=NC(=O)c2ccc3c(c2)OCO3)sc2cc(S(N)(=O)=O)ccc21. The topological polar surface area (TPSA) is 122 Å². The quantitative estimate of drug-likeness (QED) is 0.648. The molecule has 9 nitrogen and oxygen atoms in total. The number of thiazole rings is 1. The number of nitrogens with zero attached hydrogens (tertiary/aromatic N) is 2. The molecule has 0 bridgehead atoms. The van der Waals surface area contributed by atoms with Crippen LogP contribution >= 0.6 is 11.3 Å². The molecule has 1 aliphatic heterocycles. The van der Waals surface area contributed by atoms with Crippen LogP contribution in [-0.4, -0.2) is 39.4 Å². The molecule has 0 fully saturated rings. The lowest BCUT2D eigenvalue weighted by atomic mass is 10.2. The van der Waals surface area contributed by atoms with Gasteiger partial charge in [-0.1, -0.05) is 11.3 Å². The third-order valence-electron chi connectivity index (χ3n) is 4.32. The number of sulfonamides is 1. The fourth-order valence-electron chi connectivity index (χ4n) is 2.90. The molecule has 11 heteroatoms. The number of nitrogens with two attached hydrogens (primary N) is 1. The maximum atomic E-state index is 12.7. The third kappa shape index (κ3) is 3.90. The summed E-state index contributed by atoms with van der Waals surface area (Å²) in [5.41, 5.74) is 1.09. The summed E-state index contributed by atoms with van der Waals surface area (Å²) < 4.78 is 41.5. The van der Waals surface area contributed by atoms with Gasteiger partial charge in [-0.3, -0.25) is 4.79 Å². The molecule has 4 rings (SSSR count). The van der Waals surface area contributed by atoms with E-state index in [1.165, 1.54) is 23.5 Å². The second kappa shape index (κ2) is 7.59. The minimum Gasteiger partial charge on any atom is -0.454 e. The summed E-state index contributed by atoms with van der Waals surface area (Å²) in [6, 6.07) is 9.41. The lowest BCUT2D eigenvalue weighted by Crippen LogP contribution is -2.19. The number of benzene rings is 2. The molecule has 29 heavy (non-hydrogen) atoms. The van der Waals surface area contributed by atoms with Gasteiger partial charge in [0.05, 0.1) is 21.7 Å². The van der Waals surface area contributed by atoms with Crippen molar-refractivity contribution in [2.24, 2.45) is 10.1 Å². The van der Waals surface area contributed by atoms with Gasteiger partial charge in [-0.05, 0) is 36.4 Å². The van der Waals surface area contributed by atoms with Crippen LogP contribution in [0, 0.1) is 0 Å². The average Bonchev–Trinajstić information content (AvgIpc) is 3.28. The molecule has 0 aliphatic carbocycles. The predicted octanol–water partition coefficient (Wildman–Crippen LogP) is 1.47. The minimum absolute atomic E-state index is 0.00112. The van der Waals surface area contributed by atoms with Crippen molar-refractivity contribution in [3.63, 3.8) is 0 Å². The Hall–Kier alpha value is -2.73. The summed E-state index contributed by atoms with van der Waals surface area (Å²) in [7, 11) is -2.27. The first-order valence-corrected chi connectivity index (χ1v) is 10.9. The number of hydrogen-bond donors (Lipinski definition) is 1. The van der Waals surface area contributed by atoms with Crippen LogP contribution in [0.5, 0.6) is 11.5 Å². The van der Waals surface area contributed by atoms with Gasteiger partial charge >= 0.3 is 0 Å². The predicted molar refractivity (Wildman–Crippen MR) is 106 cm³/mol. The second-order valence-electron chi connectivity index (χ2n) is 6.19. The number of hydrogen-bond acceptors (Lipinski definition) is 7. The van der Waals surface area contributed by atoms with Crippen molar-refractivity contribution < 1.29 is 27.4 Å². The summed E-state index contributed by atoms with van der Waals surface area (Å²) in [6.45, 7) is 0.955. The number of aromatic nitrogens is 1. The van der Waals surface area contributed by atoms with Gasteiger partial charge in [0.2, 0.25) is 16.8 Å². The van der Waals surface area contributed by atoms with E-state index in [9.17, 15) is 13.2 Å². The molecule has 0 saturated carbocycles. The van der Waals surface area contributed by atoms with E-state index >= 15 is 0 Å². The Bertz CT molecular complexity index is 1280. The Morgan fingerprint density at radius 1 is 1.24 bits per heavy atom. The van der Waals surface area contributed by atoms with Crippen LogP contribution in [-0.2, 0) is 21.3 Å². The highest BCUT2D eigenvalue weighted by molar-refractivity contribution is 7.89. The normalized spacial score (nSPS) is 13.9. The number of ether oxygens (including phenoxy) is 3. The van der Waals surface area contributed by atoms with Crippen molar-refractivity contribution in [3.05, 3.63) is 46.8 Å². The van der Waals surface area contributed by atoms with Crippen LogP contribution < -0.4 is 19.4 Å². The number of methoxy groups -OCH3 is 1. The molecule has 152 valence electrons.